The van der Waals surface area contributed by atoms with Crippen molar-refractivity contribution >= 4 is 26.8 Å². The second-order valence-electron chi connectivity index (χ2n) is 9.48. The zero-order chi connectivity index (χ0) is 24.1. The van der Waals surface area contributed by atoms with E-state index in [1.54, 1.807) is 0 Å². The van der Waals surface area contributed by atoms with Crippen molar-refractivity contribution in [2.75, 3.05) is 0 Å². The number of alkyl halides is 1. The van der Waals surface area contributed by atoms with E-state index in [1.807, 2.05) is 29.2 Å². The van der Waals surface area contributed by atoms with Gasteiger partial charge in [-0.3, -0.25) is 5.10 Å². The topological polar surface area (TPSA) is 59.4 Å². The SMILES string of the molecule is CC(C)(C)c1ccc(Cn2cc(-c3ccc4[nH]ncc4c3)nn2)cc1.Cc1ccccc1CBr. The average molecular weight is 516 g/mol. The summed E-state index contributed by atoms with van der Waals surface area (Å²) in [4.78, 5) is 0. The van der Waals surface area contributed by atoms with Crippen molar-refractivity contribution in [2.45, 2.75) is 45.0 Å². The predicted molar refractivity (Wildman–Crippen MR) is 143 cm³/mol. The monoisotopic (exact) mass is 515 g/mol. The Morgan fingerprint density at radius 1 is 0.971 bits per heavy atom. The fraction of sp³-hybridized carbons (Fsp3) is 0.250. The highest BCUT2D eigenvalue weighted by Crippen LogP contribution is 2.23. The third kappa shape index (κ3) is 5.81. The fourth-order valence-electron chi connectivity index (χ4n) is 3.67. The van der Waals surface area contributed by atoms with E-state index in [1.165, 1.54) is 22.3 Å². The summed E-state index contributed by atoms with van der Waals surface area (Å²) in [5.41, 5.74) is 8.39. The number of aromatic nitrogens is 5. The zero-order valence-electron chi connectivity index (χ0n) is 20.1. The molecule has 0 amide bonds. The number of rotatable bonds is 4. The van der Waals surface area contributed by atoms with Crippen LogP contribution in [0.15, 0.2) is 79.1 Å². The number of aromatic amines is 1. The maximum absolute atomic E-state index is 4.31. The van der Waals surface area contributed by atoms with Crippen molar-refractivity contribution in [1.29, 1.82) is 0 Å². The van der Waals surface area contributed by atoms with Gasteiger partial charge in [-0.2, -0.15) is 5.10 Å². The number of H-pyrrole nitrogens is 1. The standard InChI is InChI=1S/C20H21N5.C8H9Br/c1-20(2,3)17-7-4-14(5-8-17)12-25-13-19(23-24-25)15-6-9-18-16(10-15)11-21-22-18;1-7-4-2-3-5-8(7)6-9/h4-11,13H,12H2,1-3H3,(H,21,22);2-5H,6H2,1H3. The van der Waals surface area contributed by atoms with Gasteiger partial charge in [0.05, 0.1) is 24.5 Å². The van der Waals surface area contributed by atoms with Crippen molar-refractivity contribution in [2.24, 2.45) is 0 Å². The molecule has 0 radical (unpaired) electrons. The molecule has 0 saturated carbocycles. The minimum atomic E-state index is 0.171. The van der Waals surface area contributed by atoms with Crippen molar-refractivity contribution in [3.8, 4) is 11.3 Å². The minimum Gasteiger partial charge on any atom is -0.278 e. The molecule has 34 heavy (non-hydrogen) atoms. The van der Waals surface area contributed by atoms with Crippen molar-refractivity contribution < 1.29 is 0 Å². The lowest BCUT2D eigenvalue weighted by Crippen LogP contribution is -2.11. The van der Waals surface area contributed by atoms with E-state index in [-0.39, 0.29) is 5.41 Å². The molecule has 0 saturated heterocycles. The minimum absolute atomic E-state index is 0.171. The number of fused-ring (bicyclic) bond motifs is 1. The van der Waals surface area contributed by atoms with Gasteiger partial charge in [0.2, 0.25) is 0 Å². The first-order valence-electron chi connectivity index (χ1n) is 11.4. The molecule has 0 unspecified atom stereocenters. The van der Waals surface area contributed by atoms with Crippen LogP contribution < -0.4 is 0 Å². The Morgan fingerprint density at radius 2 is 1.74 bits per heavy atom. The molecular weight excluding hydrogens is 486 g/mol. The summed E-state index contributed by atoms with van der Waals surface area (Å²) in [5.74, 6) is 0. The molecule has 3 aromatic carbocycles. The second kappa shape index (κ2) is 10.3. The van der Waals surface area contributed by atoms with Gasteiger partial charge in [-0.15, -0.1) is 5.10 Å². The van der Waals surface area contributed by atoms with Crippen LogP contribution in [0.1, 0.15) is 43.0 Å². The molecule has 0 aliphatic heterocycles. The number of benzene rings is 3. The summed E-state index contributed by atoms with van der Waals surface area (Å²) in [6, 6.07) is 23.2. The quantitative estimate of drug-likeness (QED) is 0.260. The molecule has 5 aromatic rings. The molecule has 0 spiro atoms. The predicted octanol–water partition coefficient (Wildman–Crippen LogP) is 7.06. The third-order valence-electron chi connectivity index (χ3n) is 5.84. The van der Waals surface area contributed by atoms with Crippen molar-refractivity contribution in [3.63, 3.8) is 0 Å². The fourth-order valence-corrected chi connectivity index (χ4v) is 4.30. The van der Waals surface area contributed by atoms with E-state index in [0.29, 0.717) is 6.54 Å². The number of hydrogen-bond acceptors (Lipinski definition) is 3. The van der Waals surface area contributed by atoms with Gasteiger partial charge in [-0.05, 0) is 46.7 Å². The third-order valence-corrected chi connectivity index (χ3v) is 6.45. The van der Waals surface area contributed by atoms with Crippen LogP contribution in [0.2, 0.25) is 0 Å². The smallest absolute Gasteiger partial charge is 0.113 e. The first-order chi connectivity index (χ1) is 16.3. The van der Waals surface area contributed by atoms with Crippen LogP contribution in [0.25, 0.3) is 22.2 Å². The van der Waals surface area contributed by atoms with E-state index < -0.39 is 0 Å². The van der Waals surface area contributed by atoms with Crippen LogP contribution in [0, 0.1) is 6.92 Å². The van der Waals surface area contributed by atoms with Gasteiger partial charge in [-0.25, -0.2) is 4.68 Å². The summed E-state index contributed by atoms with van der Waals surface area (Å²) in [6.07, 6.45) is 3.80. The van der Waals surface area contributed by atoms with E-state index in [2.05, 4.69) is 119 Å². The summed E-state index contributed by atoms with van der Waals surface area (Å²) >= 11 is 3.41. The molecule has 6 heteroatoms. The van der Waals surface area contributed by atoms with Crippen LogP contribution in [-0.4, -0.2) is 25.2 Å². The lowest BCUT2D eigenvalue weighted by molar-refractivity contribution is 0.589. The van der Waals surface area contributed by atoms with Gasteiger partial charge in [0.25, 0.3) is 0 Å². The van der Waals surface area contributed by atoms with Crippen LogP contribution in [0.5, 0.6) is 0 Å². The second-order valence-corrected chi connectivity index (χ2v) is 10.0. The molecule has 1 N–H and O–H groups in total. The molecule has 0 aliphatic carbocycles. The Bertz CT molecular complexity index is 1360. The molecule has 0 atom stereocenters. The summed E-state index contributed by atoms with van der Waals surface area (Å²) < 4.78 is 1.88. The molecular formula is C28H30BrN5. The Morgan fingerprint density at radius 3 is 2.41 bits per heavy atom. The van der Waals surface area contributed by atoms with Crippen molar-refractivity contribution in [1.82, 2.24) is 25.2 Å². The molecule has 0 fully saturated rings. The maximum Gasteiger partial charge on any atom is 0.113 e. The number of aryl methyl sites for hydroxylation is 1. The molecule has 174 valence electrons. The summed E-state index contributed by atoms with van der Waals surface area (Å²) in [6.45, 7) is 9.51. The first-order valence-corrected chi connectivity index (χ1v) is 12.5. The Hall–Kier alpha value is -3.25. The maximum atomic E-state index is 4.31. The van der Waals surface area contributed by atoms with E-state index in [9.17, 15) is 0 Å². The lowest BCUT2D eigenvalue weighted by atomic mass is 9.87. The highest BCUT2D eigenvalue weighted by atomic mass is 79.9. The summed E-state index contributed by atoms with van der Waals surface area (Å²) in [7, 11) is 0. The van der Waals surface area contributed by atoms with Gasteiger partial charge < -0.3 is 0 Å². The molecule has 2 heterocycles. The normalized spacial score (nSPS) is 11.3. The lowest BCUT2D eigenvalue weighted by Gasteiger charge is -2.19. The molecule has 5 nitrogen and oxygen atoms in total. The molecule has 5 rings (SSSR count). The average Bonchev–Trinajstić information content (AvgIpc) is 3.48. The van der Waals surface area contributed by atoms with E-state index in [4.69, 9.17) is 0 Å². The number of halogens is 1. The van der Waals surface area contributed by atoms with Crippen LogP contribution >= 0.6 is 15.9 Å². The molecule has 2 aromatic heterocycles. The van der Waals surface area contributed by atoms with E-state index in [0.717, 1.165) is 27.5 Å². The number of nitrogens with zero attached hydrogens (tertiary/aromatic N) is 4. The Kier molecular flexibility index (Phi) is 7.27. The molecule has 0 bridgehead atoms. The number of hydrogen-bond donors (Lipinski definition) is 1. The van der Waals surface area contributed by atoms with E-state index >= 15 is 0 Å². The first kappa shape index (κ1) is 23.9. The number of nitrogens with one attached hydrogen (secondary N) is 1. The van der Waals surface area contributed by atoms with Gasteiger partial charge in [0, 0.05) is 16.3 Å². The molecule has 0 aliphatic rings. The van der Waals surface area contributed by atoms with Gasteiger partial charge in [-0.1, -0.05) is 96.5 Å². The Labute approximate surface area is 209 Å². The van der Waals surface area contributed by atoms with Crippen LogP contribution in [-0.2, 0) is 17.3 Å². The highest BCUT2D eigenvalue weighted by molar-refractivity contribution is 9.08. The van der Waals surface area contributed by atoms with Gasteiger partial charge in [0.15, 0.2) is 0 Å². The van der Waals surface area contributed by atoms with Crippen molar-refractivity contribution in [3.05, 3.63) is 101 Å². The van der Waals surface area contributed by atoms with Gasteiger partial charge >= 0.3 is 0 Å². The van der Waals surface area contributed by atoms with Crippen LogP contribution in [0.3, 0.4) is 0 Å². The Balaban J connectivity index is 0.000000257. The summed E-state index contributed by atoms with van der Waals surface area (Å²) in [5, 5.41) is 17.6. The van der Waals surface area contributed by atoms with Gasteiger partial charge in [0.1, 0.15) is 5.69 Å². The largest absolute Gasteiger partial charge is 0.278 e. The van der Waals surface area contributed by atoms with Crippen LogP contribution in [0.4, 0.5) is 0 Å². The zero-order valence-corrected chi connectivity index (χ0v) is 21.7. The highest BCUT2D eigenvalue weighted by Gasteiger charge is 2.13.